The zero-order valence-corrected chi connectivity index (χ0v) is 8.27. The Hall–Kier alpha value is -1.59. The fourth-order valence-electron chi connectivity index (χ4n) is 1.59. The van der Waals surface area contributed by atoms with Crippen molar-refractivity contribution in [1.82, 2.24) is 0 Å². The smallest absolute Gasteiger partial charge is 0.340 e. The van der Waals surface area contributed by atoms with Gasteiger partial charge in [0.2, 0.25) is 11.7 Å². The Bertz CT molecular complexity index is 307. The third kappa shape index (κ3) is 2.93. The maximum atomic E-state index is 11.3. The molecule has 5 nitrogen and oxygen atoms in total. The minimum Gasteiger partial charge on any atom is -0.432 e. The number of esters is 1. The average Bonchev–Trinajstić information content (AvgIpc) is 2.19. The van der Waals surface area contributed by atoms with Crippen molar-refractivity contribution in [2.24, 2.45) is 5.92 Å². The van der Waals surface area contributed by atoms with E-state index in [1.165, 1.54) is 12.1 Å². The lowest BCUT2D eigenvalue weighted by molar-refractivity contribution is -0.221. The molecule has 80 valence electrons. The molecule has 1 aliphatic rings. The Kier molecular flexibility index (Phi) is 3.65. The van der Waals surface area contributed by atoms with Gasteiger partial charge in [0.25, 0.3) is 0 Å². The van der Waals surface area contributed by atoms with E-state index < -0.39 is 17.7 Å². The van der Waals surface area contributed by atoms with E-state index in [2.05, 4.69) is 0 Å². The van der Waals surface area contributed by atoms with E-state index in [0.29, 0.717) is 12.8 Å². The molecule has 0 bridgehead atoms. The SMILES string of the molecule is N#CC(C#N)C(=O)OC1(O)CCCCC1. The molecule has 1 fully saturated rings. The van der Waals surface area contributed by atoms with Crippen LogP contribution >= 0.6 is 0 Å². The highest BCUT2D eigenvalue weighted by atomic mass is 16.7. The predicted octanol–water partition coefficient (Wildman–Crippen LogP) is 0.846. The van der Waals surface area contributed by atoms with Crippen molar-refractivity contribution in [3.05, 3.63) is 0 Å². The number of hydrogen-bond acceptors (Lipinski definition) is 5. The van der Waals surface area contributed by atoms with Gasteiger partial charge in [-0.05, 0) is 12.8 Å². The first-order valence-electron chi connectivity index (χ1n) is 4.86. The highest BCUT2D eigenvalue weighted by molar-refractivity contribution is 5.78. The topological polar surface area (TPSA) is 94.1 Å². The summed E-state index contributed by atoms with van der Waals surface area (Å²) in [5.41, 5.74) is 0. The fraction of sp³-hybridized carbons (Fsp3) is 0.700. The molecule has 0 unspecified atom stereocenters. The van der Waals surface area contributed by atoms with Crippen LogP contribution in [0.1, 0.15) is 32.1 Å². The van der Waals surface area contributed by atoms with Crippen LogP contribution in [0.3, 0.4) is 0 Å². The summed E-state index contributed by atoms with van der Waals surface area (Å²) in [5.74, 6) is -3.87. The summed E-state index contributed by atoms with van der Waals surface area (Å²) >= 11 is 0. The van der Waals surface area contributed by atoms with Crippen LogP contribution in [0, 0.1) is 28.6 Å². The molecule has 0 atom stereocenters. The van der Waals surface area contributed by atoms with Crippen LogP contribution in [-0.4, -0.2) is 16.9 Å². The Morgan fingerprint density at radius 1 is 1.27 bits per heavy atom. The normalized spacial score (nSPS) is 18.9. The van der Waals surface area contributed by atoms with Crippen molar-refractivity contribution < 1.29 is 14.6 Å². The van der Waals surface area contributed by atoms with Crippen molar-refractivity contribution in [3.63, 3.8) is 0 Å². The molecule has 1 saturated carbocycles. The summed E-state index contributed by atoms with van der Waals surface area (Å²) in [6.45, 7) is 0. The summed E-state index contributed by atoms with van der Waals surface area (Å²) < 4.78 is 4.79. The molecule has 1 aliphatic carbocycles. The minimum atomic E-state index is -1.47. The zero-order chi connectivity index (χ0) is 11.3. The van der Waals surface area contributed by atoms with Gasteiger partial charge in [0.05, 0.1) is 12.1 Å². The molecule has 5 heteroatoms. The summed E-state index contributed by atoms with van der Waals surface area (Å²) in [4.78, 5) is 11.3. The first-order valence-corrected chi connectivity index (χ1v) is 4.86. The van der Waals surface area contributed by atoms with Gasteiger partial charge in [-0.25, -0.2) is 4.79 Å². The second kappa shape index (κ2) is 4.77. The third-order valence-corrected chi connectivity index (χ3v) is 2.42. The van der Waals surface area contributed by atoms with E-state index in [-0.39, 0.29) is 0 Å². The quantitative estimate of drug-likeness (QED) is 0.536. The molecule has 1 N–H and O–H groups in total. The second-order valence-electron chi connectivity index (χ2n) is 3.62. The average molecular weight is 208 g/mol. The molecular weight excluding hydrogens is 196 g/mol. The molecule has 0 heterocycles. The molecule has 0 aliphatic heterocycles. The number of nitriles is 2. The van der Waals surface area contributed by atoms with Crippen molar-refractivity contribution in [1.29, 1.82) is 10.5 Å². The van der Waals surface area contributed by atoms with Crippen LogP contribution in [0.4, 0.5) is 0 Å². The van der Waals surface area contributed by atoms with Gasteiger partial charge >= 0.3 is 5.97 Å². The summed E-state index contributed by atoms with van der Waals surface area (Å²) in [6, 6.07) is 3.02. The van der Waals surface area contributed by atoms with E-state index in [1.807, 2.05) is 0 Å². The van der Waals surface area contributed by atoms with Crippen LogP contribution in [-0.2, 0) is 9.53 Å². The fourth-order valence-corrected chi connectivity index (χ4v) is 1.59. The largest absolute Gasteiger partial charge is 0.432 e. The lowest BCUT2D eigenvalue weighted by Crippen LogP contribution is -2.38. The van der Waals surface area contributed by atoms with Gasteiger partial charge in [-0.2, -0.15) is 10.5 Å². The van der Waals surface area contributed by atoms with E-state index in [1.54, 1.807) is 0 Å². The van der Waals surface area contributed by atoms with Crippen molar-refractivity contribution in [3.8, 4) is 12.1 Å². The van der Waals surface area contributed by atoms with E-state index in [9.17, 15) is 9.90 Å². The number of aliphatic hydroxyl groups is 1. The maximum Gasteiger partial charge on any atom is 0.340 e. The van der Waals surface area contributed by atoms with Gasteiger partial charge in [-0.15, -0.1) is 0 Å². The lowest BCUT2D eigenvalue weighted by Gasteiger charge is -2.31. The molecule has 0 aromatic rings. The van der Waals surface area contributed by atoms with Gasteiger partial charge in [-0.3, -0.25) is 0 Å². The number of rotatable bonds is 2. The third-order valence-electron chi connectivity index (χ3n) is 2.42. The van der Waals surface area contributed by atoms with E-state index >= 15 is 0 Å². The molecule has 0 aromatic carbocycles. The van der Waals surface area contributed by atoms with E-state index in [0.717, 1.165) is 19.3 Å². The van der Waals surface area contributed by atoms with E-state index in [4.69, 9.17) is 15.3 Å². The van der Waals surface area contributed by atoms with Crippen LogP contribution < -0.4 is 0 Å². The first kappa shape index (κ1) is 11.5. The zero-order valence-electron chi connectivity index (χ0n) is 8.27. The highest BCUT2D eigenvalue weighted by Crippen LogP contribution is 2.29. The van der Waals surface area contributed by atoms with Crippen molar-refractivity contribution >= 4 is 5.97 Å². The van der Waals surface area contributed by atoms with Crippen molar-refractivity contribution in [2.75, 3.05) is 0 Å². The van der Waals surface area contributed by atoms with Gasteiger partial charge in [-0.1, -0.05) is 6.42 Å². The Balaban J connectivity index is 2.57. The first-order chi connectivity index (χ1) is 7.11. The summed E-state index contributed by atoms with van der Waals surface area (Å²) in [5, 5.41) is 26.7. The van der Waals surface area contributed by atoms with Gasteiger partial charge in [0, 0.05) is 12.8 Å². The monoisotopic (exact) mass is 208 g/mol. The number of carbonyl (C=O) groups is 1. The number of ether oxygens (including phenoxy) is 1. The van der Waals surface area contributed by atoms with Crippen LogP contribution in [0.15, 0.2) is 0 Å². The number of carbonyl (C=O) groups excluding carboxylic acids is 1. The molecule has 0 saturated heterocycles. The van der Waals surface area contributed by atoms with Crippen LogP contribution in [0.25, 0.3) is 0 Å². The van der Waals surface area contributed by atoms with Crippen LogP contribution in [0.2, 0.25) is 0 Å². The molecule has 15 heavy (non-hydrogen) atoms. The second-order valence-corrected chi connectivity index (χ2v) is 3.62. The minimum absolute atomic E-state index is 0.377. The Morgan fingerprint density at radius 3 is 2.27 bits per heavy atom. The molecule has 0 aromatic heterocycles. The molecule has 0 radical (unpaired) electrons. The van der Waals surface area contributed by atoms with Gasteiger partial charge in [0.1, 0.15) is 0 Å². The Labute approximate surface area is 87.9 Å². The summed E-state index contributed by atoms with van der Waals surface area (Å²) in [7, 11) is 0. The van der Waals surface area contributed by atoms with Crippen molar-refractivity contribution in [2.45, 2.75) is 37.9 Å². The molecular formula is C10H12N2O3. The molecule has 0 spiro atoms. The Morgan fingerprint density at radius 2 is 1.80 bits per heavy atom. The summed E-state index contributed by atoms with van der Waals surface area (Å²) in [6.07, 6.45) is 3.32. The molecule has 0 amide bonds. The maximum absolute atomic E-state index is 11.3. The standard InChI is InChI=1S/C10H12N2O3/c11-6-8(7-12)9(13)15-10(14)4-2-1-3-5-10/h8,14H,1-5H2. The predicted molar refractivity (Wildman–Crippen MR) is 48.8 cm³/mol. The molecule has 1 rings (SSSR count). The highest BCUT2D eigenvalue weighted by Gasteiger charge is 2.35. The lowest BCUT2D eigenvalue weighted by atomic mass is 9.94. The number of hydrogen-bond donors (Lipinski definition) is 1. The van der Waals surface area contributed by atoms with Crippen LogP contribution in [0.5, 0.6) is 0 Å². The number of nitrogens with zero attached hydrogens (tertiary/aromatic N) is 2. The van der Waals surface area contributed by atoms with Gasteiger partial charge < -0.3 is 9.84 Å². The van der Waals surface area contributed by atoms with Gasteiger partial charge in [0.15, 0.2) is 0 Å².